The molecule has 0 bridgehead atoms. The fraction of sp³-hybridized carbons (Fsp3) is 0.533. The Morgan fingerprint density at radius 3 is 3.00 bits per heavy atom. The number of phenolic OH excluding ortho intramolecular Hbond substituents is 1. The number of carboxylic acid groups (broad SMARTS) is 1. The first-order valence-corrected chi connectivity index (χ1v) is 7.08. The van der Waals surface area contributed by atoms with Crippen LogP contribution in [0.4, 0.5) is 0 Å². The highest BCUT2D eigenvalue weighted by atomic mass is 16.5. The number of hydrogen-bond acceptors (Lipinski definition) is 4. The molecule has 0 amide bonds. The minimum Gasteiger partial charge on any atom is -0.508 e. The van der Waals surface area contributed by atoms with E-state index in [1.165, 1.54) is 0 Å². The van der Waals surface area contributed by atoms with Crippen LogP contribution in [0.2, 0.25) is 0 Å². The lowest BCUT2D eigenvalue weighted by Crippen LogP contribution is -2.39. The summed E-state index contributed by atoms with van der Waals surface area (Å²) in [6.45, 7) is 0.535. The molecule has 3 atom stereocenters. The fourth-order valence-corrected chi connectivity index (χ4v) is 3.19. The zero-order valence-electron chi connectivity index (χ0n) is 11.2. The normalized spacial score (nSPS) is 28.7. The van der Waals surface area contributed by atoms with Crippen molar-refractivity contribution >= 4 is 5.97 Å². The van der Waals surface area contributed by atoms with Gasteiger partial charge in [0.2, 0.25) is 0 Å². The maximum atomic E-state index is 11.1. The first-order chi connectivity index (χ1) is 9.63. The van der Waals surface area contributed by atoms with Gasteiger partial charge in [-0.2, -0.15) is 0 Å². The van der Waals surface area contributed by atoms with E-state index < -0.39 is 5.97 Å². The number of carboxylic acids is 1. The molecule has 2 aliphatic rings. The molecule has 0 radical (unpaired) electrons. The zero-order chi connectivity index (χ0) is 14.1. The standard InChI is InChI=1S/C15H19NO4/c17-11-4-5-12-13(8-20-14(12)7-11)16-10-3-1-2-9(6-10)15(18)19/h4-5,7,9-10,13,16-17H,1-3,6,8H2,(H,18,19). The average Bonchev–Trinajstić information content (AvgIpc) is 2.81. The van der Waals surface area contributed by atoms with Crippen LogP contribution in [0.5, 0.6) is 11.5 Å². The molecule has 0 spiro atoms. The van der Waals surface area contributed by atoms with E-state index in [9.17, 15) is 9.90 Å². The van der Waals surface area contributed by atoms with Gasteiger partial charge in [0, 0.05) is 17.7 Å². The third-order valence-corrected chi connectivity index (χ3v) is 4.24. The monoisotopic (exact) mass is 277 g/mol. The number of carbonyl (C=O) groups is 1. The smallest absolute Gasteiger partial charge is 0.306 e. The molecular weight excluding hydrogens is 258 g/mol. The number of phenols is 1. The molecule has 3 N–H and O–H groups in total. The summed E-state index contributed by atoms with van der Waals surface area (Å²) < 4.78 is 5.57. The van der Waals surface area contributed by atoms with Crippen LogP contribution in [0.15, 0.2) is 18.2 Å². The number of nitrogens with one attached hydrogen (secondary N) is 1. The van der Waals surface area contributed by atoms with Crippen molar-refractivity contribution in [2.24, 2.45) is 5.92 Å². The highest BCUT2D eigenvalue weighted by Gasteiger charge is 2.31. The average molecular weight is 277 g/mol. The Kier molecular flexibility index (Phi) is 3.53. The van der Waals surface area contributed by atoms with Crippen LogP contribution in [0.3, 0.4) is 0 Å². The summed E-state index contributed by atoms with van der Waals surface area (Å²) in [5.41, 5.74) is 1.04. The fourth-order valence-electron chi connectivity index (χ4n) is 3.19. The van der Waals surface area contributed by atoms with Gasteiger partial charge in [0.05, 0.1) is 12.0 Å². The number of benzene rings is 1. The second-order valence-corrected chi connectivity index (χ2v) is 5.65. The van der Waals surface area contributed by atoms with Gasteiger partial charge >= 0.3 is 5.97 Å². The molecule has 3 unspecified atom stereocenters. The van der Waals surface area contributed by atoms with E-state index in [4.69, 9.17) is 9.84 Å². The molecule has 5 nitrogen and oxygen atoms in total. The van der Waals surface area contributed by atoms with Crippen molar-refractivity contribution in [2.45, 2.75) is 37.8 Å². The molecule has 20 heavy (non-hydrogen) atoms. The van der Waals surface area contributed by atoms with E-state index in [0.29, 0.717) is 18.8 Å². The second-order valence-electron chi connectivity index (χ2n) is 5.65. The van der Waals surface area contributed by atoms with Crippen LogP contribution in [-0.2, 0) is 4.79 Å². The van der Waals surface area contributed by atoms with Crippen molar-refractivity contribution in [1.29, 1.82) is 0 Å². The first-order valence-electron chi connectivity index (χ1n) is 7.08. The Labute approximate surface area is 117 Å². The summed E-state index contributed by atoms with van der Waals surface area (Å²) in [5, 5.41) is 22.1. The van der Waals surface area contributed by atoms with E-state index in [-0.39, 0.29) is 23.8 Å². The molecule has 0 aromatic heterocycles. The molecule has 5 heteroatoms. The van der Waals surface area contributed by atoms with E-state index in [2.05, 4.69) is 5.32 Å². The summed E-state index contributed by atoms with van der Waals surface area (Å²) >= 11 is 0. The number of aliphatic carboxylic acids is 1. The number of aromatic hydroxyl groups is 1. The summed E-state index contributed by atoms with van der Waals surface area (Å²) in [6.07, 6.45) is 3.41. The highest BCUT2D eigenvalue weighted by molar-refractivity contribution is 5.70. The molecule has 1 saturated carbocycles. The highest BCUT2D eigenvalue weighted by Crippen LogP contribution is 2.36. The first kappa shape index (κ1) is 13.2. The van der Waals surface area contributed by atoms with Gasteiger partial charge in [-0.1, -0.05) is 6.42 Å². The summed E-state index contributed by atoms with van der Waals surface area (Å²) in [4.78, 5) is 11.1. The Hall–Kier alpha value is -1.75. The summed E-state index contributed by atoms with van der Waals surface area (Å²) in [5.74, 6) is -0.00606. The molecular formula is C15H19NO4. The molecule has 108 valence electrons. The van der Waals surface area contributed by atoms with E-state index in [1.807, 2.05) is 6.07 Å². The minimum absolute atomic E-state index is 0.0862. The van der Waals surface area contributed by atoms with Gasteiger partial charge in [-0.3, -0.25) is 4.79 Å². The Morgan fingerprint density at radius 1 is 1.35 bits per heavy atom. The van der Waals surface area contributed by atoms with Gasteiger partial charge in [-0.05, 0) is 31.4 Å². The topological polar surface area (TPSA) is 78.8 Å². The van der Waals surface area contributed by atoms with Crippen LogP contribution in [0.25, 0.3) is 0 Å². The SMILES string of the molecule is O=C(O)C1CCCC(NC2COc3cc(O)ccc32)C1. The largest absolute Gasteiger partial charge is 0.508 e. The van der Waals surface area contributed by atoms with Crippen molar-refractivity contribution in [1.82, 2.24) is 5.32 Å². The van der Waals surface area contributed by atoms with Crippen LogP contribution in [0, 0.1) is 5.92 Å². The number of rotatable bonds is 3. The molecule has 1 heterocycles. The van der Waals surface area contributed by atoms with Crippen molar-refractivity contribution in [2.75, 3.05) is 6.61 Å². The zero-order valence-corrected chi connectivity index (χ0v) is 11.2. The van der Waals surface area contributed by atoms with E-state index in [1.54, 1.807) is 12.1 Å². The van der Waals surface area contributed by atoms with Gasteiger partial charge in [0.15, 0.2) is 0 Å². The van der Waals surface area contributed by atoms with E-state index >= 15 is 0 Å². The molecule has 3 rings (SSSR count). The minimum atomic E-state index is -0.690. The van der Waals surface area contributed by atoms with Gasteiger partial charge in [0.25, 0.3) is 0 Å². The van der Waals surface area contributed by atoms with E-state index in [0.717, 1.165) is 24.8 Å². The number of hydrogen-bond donors (Lipinski definition) is 3. The van der Waals surface area contributed by atoms with Gasteiger partial charge in [0.1, 0.15) is 18.1 Å². The Bertz CT molecular complexity index is 517. The summed E-state index contributed by atoms with van der Waals surface area (Å²) in [7, 11) is 0. The lowest BCUT2D eigenvalue weighted by atomic mass is 9.85. The second kappa shape index (κ2) is 5.32. The van der Waals surface area contributed by atoms with Crippen LogP contribution in [0.1, 0.15) is 37.3 Å². The quantitative estimate of drug-likeness (QED) is 0.788. The lowest BCUT2D eigenvalue weighted by Gasteiger charge is -2.29. The van der Waals surface area contributed by atoms with Gasteiger partial charge < -0.3 is 20.3 Å². The van der Waals surface area contributed by atoms with Gasteiger partial charge in [-0.25, -0.2) is 0 Å². The predicted molar refractivity (Wildman–Crippen MR) is 72.9 cm³/mol. The van der Waals surface area contributed by atoms with Crippen LogP contribution >= 0.6 is 0 Å². The maximum absolute atomic E-state index is 11.1. The van der Waals surface area contributed by atoms with Crippen molar-refractivity contribution < 1.29 is 19.7 Å². The third kappa shape index (κ3) is 2.58. The third-order valence-electron chi connectivity index (χ3n) is 4.24. The molecule has 1 aromatic rings. The predicted octanol–water partition coefficient (Wildman–Crippen LogP) is 2.06. The maximum Gasteiger partial charge on any atom is 0.306 e. The number of fused-ring (bicyclic) bond motifs is 1. The lowest BCUT2D eigenvalue weighted by molar-refractivity contribution is -0.143. The van der Waals surface area contributed by atoms with Crippen molar-refractivity contribution in [3.8, 4) is 11.5 Å². The van der Waals surface area contributed by atoms with Crippen LogP contribution < -0.4 is 10.1 Å². The molecule has 1 aromatic carbocycles. The van der Waals surface area contributed by atoms with Crippen molar-refractivity contribution in [3.05, 3.63) is 23.8 Å². The van der Waals surface area contributed by atoms with Crippen LogP contribution in [-0.4, -0.2) is 28.8 Å². The molecule has 1 fully saturated rings. The molecule has 1 aliphatic heterocycles. The number of ether oxygens (including phenoxy) is 1. The Morgan fingerprint density at radius 2 is 2.20 bits per heavy atom. The summed E-state index contributed by atoms with van der Waals surface area (Å²) in [6, 6.07) is 5.45. The van der Waals surface area contributed by atoms with Crippen molar-refractivity contribution in [3.63, 3.8) is 0 Å². The van der Waals surface area contributed by atoms with Gasteiger partial charge in [-0.15, -0.1) is 0 Å². The Balaban J connectivity index is 1.66. The molecule has 1 aliphatic carbocycles. The molecule has 0 saturated heterocycles.